The fraction of sp³-hybridized carbons (Fsp3) is 0.692. The summed E-state index contributed by atoms with van der Waals surface area (Å²) in [5.41, 5.74) is 5.58. The van der Waals surface area contributed by atoms with Crippen molar-refractivity contribution < 1.29 is 17.6 Å². The van der Waals surface area contributed by atoms with Gasteiger partial charge in [0.2, 0.25) is 10.0 Å². The molecule has 1 aliphatic rings. The first kappa shape index (κ1) is 15.5. The number of nitrogens with one attached hydrogen (secondary N) is 1. The van der Waals surface area contributed by atoms with E-state index in [1.165, 1.54) is 0 Å². The number of nitrogens with two attached hydrogens (primary N) is 1. The predicted octanol–water partition coefficient (Wildman–Crippen LogP) is 1.20. The quantitative estimate of drug-likeness (QED) is 0.871. The fourth-order valence-electron chi connectivity index (χ4n) is 2.62. The van der Waals surface area contributed by atoms with Gasteiger partial charge in [0.15, 0.2) is 0 Å². The van der Waals surface area contributed by atoms with Gasteiger partial charge in [0, 0.05) is 18.7 Å². The molecule has 1 aromatic rings. The first-order valence-electron chi connectivity index (χ1n) is 6.66. The van der Waals surface area contributed by atoms with Gasteiger partial charge in [0.05, 0.1) is 11.6 Å². The smallest absolute Gasteiger partial charge is 0.244 e. The van der Waals surface area contributed by atoms with E-state index in [4.69, 9.17) is 14.9 Å². The number of rotatable bonds is 4. The number of hydrogen-bond acceptors (Lipinski definition) is 5. The zero-order chi connectivity index (χ0) is 15.1. The second-order valence-electron chi connectivity index (χ2n) is 5.51. The van der Waals surface area contributed by atoms with Crippen LogP contribution in [0.5, 0.6) is 0 Å². The number of ether oxygens (including phenoxy) is 1. The molecule has 0 aromatic carbocycles. The van der Waals surface area contributed by atoms with Crippen LogP contribution in [0.2, 0.25) is 0 Å². The van der Waals surface area contributed by atoms with E-state index in [2.05, 4.69) is 4.72 Å². The zero-order valence-electron chi connectivity index (χ0n) is 12.3. The second-order valence-corrected chi connectivity index (χ2v) is 7.13. The molecule has 2 unspecified atom stereocenters. The monoisotopic (exact) mass is 302 g/mol. The van der Waals surface area contributed by atoms with Crippen LogP contribution in [0.25, 0.3) is 0 Å². The van der Waals surface area contributed by atoms with Gasteiger partial charge >= 0.3 is 0 Å². The Morgan fingerprint density at radius 3 is 2.55 bits per heavy atom. The molecule has 0 bridgehead atoms. The summed E-state index contributed by atoms with van der Waals surface area (Å²) in [6.07, 6.45) is 0.466. The van der Waals surface area contributed by atoms with Crippen LogP contribution >= 0.6 is 0 Å². The zero-order valence-corrected chi connectivity index (χ0v) is 13.1. The lowest BCUT2D eigenvalue weighted by Crippen LogP contribution is -2.50. The van der Waals surface area contributed by atoms with E-state index in [0.717, 1.165) is 0 Å². The summed E-state index contributed by atoms with van der Waals surface area (Å²) in [6, 6.07) is 0. The van der Waals surface area contributed by atoms with Crippen LogP contribution in [0.15, 0.2) is 9.31 Å². The number of furan rings is 1. The Hall–Kier alpha value is -0.890. The molecule has 1 aliphatic heterocycles. The van der Waals surface area contributed by atoms with Gasteiger partial charge in [-0.2, -0.15) is 0 Å². The maximum Gasteiger partial charge on any atom is 0.244 e. The molecule has 3 N–H and O–H groups in total. The molecule has 0 saturated carbocycles. The molecule has 2 heterocycles. The lowest BCUT2D eigenvalue weighted by atomic mass is 9.97. The number of aryl methyl sites for hydroxylation is 2. The van der Waals surface area contributed by atoms with Crippen molar-refractivity contribution >= 4 is 10.0 Å². The Balaban J connectivity index is 2.41. The molecular weight excluding hydrogens is 280 g/mol. The molecule has 20 heavy (non-hydrogen) atoms. The average Bonchev–Trinajstić information content (AvgIpc) is 2.79. The first-order valence-corrected chi connectivity index (χ1v) is 8.14. The minimum atomic E-state index is -3.69. The van der Waals surface area contributed by atoms with E-state index < -0.39 is 15.6 Å². The maximum atomic E-state index is 12.7. The molecule has 1 saturated heterocycles. The highest BCUT2D eigenvalue weighted by molar-refractivity contribution is 7.89. The summed E-state index contributed by atoms with van der Waals surface area (Å²) in [5.74, 6) is 0.914. The largest absolute Gasteiger partial charge is 0.465 e. The Labute approximate surface area is 119 Å². The normalized spacial score (nSPS) is 27.1. The highest BCUT2D eigenvalue weighted by atomic mass is 32.2. The van der Waals surface area contributed by atoms with Crippen molar-refractivity contribution in [2.24, 2.45) is 5.73 Å². The van der Waals surface area contributed by atoms with Crippen LogP contribution in [0.1, 0.15) is 37.4 Å². The highest BCUT2D eigenvalue weighted by Gasteiger charge is 2.42. The Kier molecular flexibility index (Phi) is 3.98. The van der Waals surface area contributed by atoms with Crippen LogP contribution in [-0.4, -0.2) is 26.7 Å². The minimum Gasteiger partial charge on any atom is -0.465 e. The molecule has 114 valence electrons. The summed E-state index contributed by atoms with van der Waals surface area (Å²) in [6.45, 7) is 7.75. The molecular formula is C13H22N2O4S. The van der Waals surface area contributed by atoms with Crippen LogP contribution in [0.3, 0.4) is 0 Å². The van der Waals surface area contributed by atoms with Gasteiger partial charge in [0.1, 0.15) is 16.4 Å². The lowest BCUT2D eigenvalue weighted by molar-refractivity contribution is 0.0957. The van der Waals surface area contributed by atoms with Crippen LogP contribution < -0.4 is 10.5 Å². The summed E-state index contributed by atoms with van der Waals surface area (Å²) < 4.78 is 39.0. The third-order valence-electron chi connectivity index (χ3n) is 4.05. The molecule has 2 atom stereocenters. The fourth-order valence-corrected chi connectivity index (χ4v) is 4.58. The number of sulfonamides is 1. The average molecular weight is 302 g/mol. The minimum absolute atomic E-state index is 0.127. The molecule has 0 radical (unpaired) electrons. The van der Waals surface area contributed by atoms with E-state index >= 15 is 0 Å². The lowest BCUT2D eigenvalue weighted by Gasteiger charge is -2.28. The highest BCUT2D eigenvalue weighted by Crippen LogP contribution is 2.31. The van der Waals surface area contributed by atoms with Crippen molar-refractivity contribution in [3.63, 3.8) is 0 Å². The molecule has 7 heteroatoms. The van der Waals surface area contributed by atoms with Gasteiger partial charge in [-0.25, -0.2) is 13.1 Å². The maximum absolute atomic E-state index is 12.7. The SMILES string of the molecule is Cc1oc(C)c(S(=O)(=O)NC2(C)CCOC2C)c1CN. The van der Waals surface area contributed by atoms with E-state index in [9.17, 15) is 8.42 Å². The topological polar surface area (TPSA) is 94.6 Å². The predicted molar refractivity (Wildman–Crippen MR) is 74.8 cm³/mol. The van der Waals surface area contributed by atoms with Crippen molar-refractivity contribution in [3.8, 4) is 0 Å². The van der Waals surface area contributed by atoms with Gasteiger partial charge in [-0.1, -0.05) is 0 Å². The molecule has 6 nitrogen and oxygen atoms in total. The van der Waals surface area contributed by atoms with Gasteiger partial charge in [-0.3, -0.25) is 0 Å². The van der Waals surface area contributed by atoms with Gasteiger partial charge in [-0.05, 0) is 34.1 Å². The summed E-state index contributed by atoms with van der Waals surface area (Å²) >= 11 is 0. The molecule has 2 rings (SSSR count). The Morgan fingerprint density at radius 2 is 2.05 bits per heavy atom. The first-order chi connectivity index (χ1) is 9.21. The van der Waals surface area contributed by atoms with Gasteiger partial charge in [-0.15, -0.1) is 0 Å². The third-order valence-corrected chi connectivity index (χ3v) is 5.86. The molecule has 0 aliphatic carbocycles. The summed E-state index contributed by atoms with van der Waals surface area (Å²) in [5, 5.41) is 0. The molecule has 0 spiro atoms. The van der Waals surface area contributed by atoms with Crippen molar-refractivity contribution in [2.45, 2.75) is 57.2 Å². The molecule has 1 aromatic heterocycles. The van der Waals surface area contributed by atoms with Gasteiger partial charge in [0.25, 0.3) is 0 Å². The van der Waals surface area contributed by atoms with Crippen LogP contribution in [0.4, 0.5) is 0 Å². The molecule has 1 fully saturated rings. The Bertz CT molecular complexity index is 608. The van der Waals surface area contributed by atoms with E-state index in [0.29, 0.717) is 30.1 Å². The number of hydrogen-bond donors (Lipinski definition) is 2. The van der Waals surface area contributed by atoms with Crippen LogP contribution in [-0.2, 0) is 21.3 Å². The van der Waals surface area contributed by atoms with Crippen LogP contribution in [0, 0.1) is 13.8 Å². The van der Waals surface area contributed by atoms with Crippen molar-refractivity contribution in [1.82, 2.24) is 4.72 Å². The van der Waals surface area contributed by atoms with E-state index in [1.807, 2.05) is 13.8 Å². The standard InChI is InChI=1S/C13H22N2O4S/c1-8-11(7-14)12(9(2)19-8)20(16,17)15-13(4)5-6-18-10(13)3/h10,15H,5-7,14H2,1-4H3. The van der Waals surface area contributed by atoms with E-state index in [1.54, 1.807) is 13.8 Å². The summed E-state index contributed by atoms with van der Waals surface area (Å²) in [4.78, 5) is 0.165. The molecule has 0 amide bonds. The van der Waals surface area contributed by atoms with Crippen molar-refractivity contribution in [2.75, 3.05) is 6.61 Å². The van der Waals surface area contributed by atoms with Crippen molar-refractivity contribution in [1.29, 1.82) is 0 Å². The Morgan fingerprint density at radius 1 is 1.40 bits per heavy atom. The van der Waals surface area contributed by atoms with E-state index in [-0.39, 0.29) is 17.5 Å². The second kappa shape index (κ2) is 5.14. The summed E-state index contributed by atoms with van der Waals surface area (Å²) in [7, 11) is -3.69. The third kappa shape index (κ3) is 2.50. The van der Waals surface area contributed by atoms with Gasteiger partial charge < -0.3 is 14.9 Å². The van der Waals surface area contributed by atoms with Crippen molar-refractivity contribution in [3.05, 3.63) is 17.1 Å².